The van der Waals surface area contributed by atoms with Gasteiger partial charge in [0, 0.05) is 12.7 Å². The molecule has 0 aliphatic heterocycles. The van der Waals surface area contributed by atoms with Crippen molar-refractivity contribution in [2.24, 2.45) is 7.05 Å². The molecule has 5 nitrogen and oxygen atoms in total. The van der Waals surface area contributed by atoms with Gasteiger partial charge in [0.25, 0.3) is 0 Å². The molecule has 2 aromatic heterocycles. The lowest BCUT2D eigenvalue weighted by molar-refractivity contribution is 0.740. The Bertz CT molecular complexity index is 523. The second-order valence-corrected chi connectivity index (χ2v) is 4.68. The van der Waals surface area contributed by atoms with Crippen molar-refractivity contribution in [3.8, 4) is 11.4 Å². The van der Waals surface area contributed by atoms with Crippen molar-refractivity contribution in [2.75, 3.05) is 5.73 Å². The van der Waals surface area contributed by atoms with Gasteiger partial charge in [-0.2, -0.15) is 5.10 Å². The predicted octanol–water partition coefficient (Wildman–Crippen LogP) is 1.68. The summed E-state index contributed by atoms with van der Waals surface area (Å²) in [5, 5.41) is 4.17. The topological polar surface area (TPSA) is 69.6 Å². The van der Waals surface area contributed by atoms with Gasteiger partial charge in [-0.15, -0.1) is 0 Å². The number of hydrogen-bond acceptors (Lipinski definition) is 4. The van der Waals surface area contributed by atoms with Crippen molar-refractivity contribution in [1.82, 2.24) is 19.7 Å². The van der Waals surface area contributed by atoms with Gasteiger partial charge in [-0.25, -0.2) is 9.97 Å². The lowest BCUT2D eigenvalue weighted by Crippen LogP contribution is -2.02. The lowest BCUT2D eigenvalue weighted by Gasteiger charge is -2.05. The molecule has 0 bridgehead atoms. The molecule has 0 amide bonds. The molecule has 84 valence electrons. The van der Waals surface area contributed by atoms with Crippen LogP contribution < -0.4 is 5.73 Å². The molecule has 16 heavy (non-hydrogen) atoms. The van der Waals surface area contributed by atoms with Gasteiger partial charge in [0.2, 0.25) is 0 Å². The van der Waals surface area contributed by atoms with Gasteiger partial charge in [-0.3, -0.25) is 4.68 Å². The van der Waals surface area contributed by atoms with Crippen LogP contribution in [0.5, 0.6) is 0 Å². The first-order valence-corrected chi connectivity index (χ1v) is 5.87. The minimum Gasteiger partial charge on any atom is -0.383 e. The van der Waals surface area contributed by atoms with Gasteiger partial charge in [0.15, 0.2) is 5.82 Å². The molecule has 0 saturated heterocycles. The zero-order chi connectivity index (χ0) is 11.9. The second-order valence-electron chi connectivity index (χ2n) is 3.60. The summed E-state index contributed by atoms with van der Waals surface area (Å²) in [6.07, 6.45) is 1.76. The Labute approximate surface area is 107 Å². The minimum atomic E-state index is 0.520. The summed E-state index contributed by atoms with van der Waals surface area (Å²) in [6, 6.07) is 0. The normalized spacial score (nSPS) is 10.8. The van der Waals surface area contributed by atoms with Gasteiger partial charge < -0.3 is 5.73 Å². The zero-order valence-electron chi connectivity index (χ0n) is 9.32. The van der Waals surface area contributed by atoms with Gasteiger partial charge >= 0.3 is 0 Å². The fourth-order valence-electron chi connectivity index (χ4n) is 1.42. The molecule has 0 aliphatic carbocycles. The third-order valence-electron chi connectivity index (χ3n) is 2.52. The minimum absolute atomic E-state index is 0.520. The summed E-state index contributed by atoms with van der Waals surface area (Å²) in [7, 11) is 1.89. The van der Waals surface area contributed by atoms with E-state index in [1.807, 2.05) is 20.9 Å². The maximum absolute atomic E-state index is 5.83. The molecular formula is C10H12IN5. The van der Waals surface area contributed by atoms with E-state index in [0.717, 1.165) is 20.5 Å². The summed E-state index contributed by atoms with van der Waals surface area (Å²) in [4.78, 5) is 8.71. The van der Waals surface area contributed by atoms with Crippen molar-refractivity contribution < 1.29 is 0 Å². The van der Waals surface area contributed by atoms with Gasteiger partial charge in [-0.05, 0) is 36.4 Å². The number of hydrogen-bond donors (Lipinski definition) is 1. The van der Waals surface area contributed by atoms with E-state index in [4.69, 9.17) is 5.73 Å². The van der Waals surface area contributed by atoms with E-state index < -0.39 is 0 Å². The highest BCUT2D eigenvalue weighted by Crippen LogP contribution is 2.23. The monoisotopic (exact) mass is 329 g/mol. The Kier molecular flexibility index (Phi) is 2.83. The molecule has 6 heteroatoms. The smallest absolute Gasteiger partial charge is 0.165 e. The van der Waals surface area contributed by atoms with Crippen molar-refractivity contribution in [1.29, 1.82) is 0 Å². The molecule has 2 aromatic rings. The average molecular weight is 329 g/mol. The summed E-state index contributed by atoms with van der Waals surface area (Å²) < 4.78 is 2.70. The number of aryl methyl sites for hydroxylation is 2. The van der Waals surface area contributed by atoms with E-state index in [0.29, 0.717) is 11.6 Å². The standard InChI is InChI=1S/C10H12IN5/c1-5-8(11)9(12)15-10(14-5)7-4-13-16(3)6(7)2/h4H,1-3H3,(H2,12,14,15). The number of nitrogens with two attached hydrogens (primary N) is 1. The Balaban J connectivity index is 2.61. The van der Waals surface area contributed by atoms with E-state index in [-0.39, 0.29) is 0 Å². The van der Waals surface area contributed by atoms with E-state index >= 15 is 0 Å². The fourth-order valence-corrected chi connectivity index (χ4v) is 1.66. The maximum atomic E-state index is 5.83. The molecule has 0 aliphatic rings. The first-order valence-electron chi connectivity index (χ1n) is 4.79. The number of anilines is 1. The largest absolute Gasteiger partial charge is 0.383 e. The van der Waals surface area contributed by atoms with Crippen LogP contribution in [0.2, 0.25) is 0 Å². The zero-order valence-corrected chi connectivity index (χ0v) is 11.5. The highest BCUT2D eigenvalue weighted by atomic mass is 127. The highest BCUT2D eigenvalue weighted by Gasteiger charge is 2.12. The van der Waals surface area contributed by atoms with Crippen molar-refractivity contribution in [2.45, 2.75) is 13.8 Å². The Morgan fingerprint density at radius 1 is 1.31 bits per heavy atom. The van der Waals surface area contributed by atoms with Gasteiger partial charge in [0.1, 0.15) is 5.82 Å². The number of rotatable bonds is 1. The van der Waals surface area contributed by atoms with E-state index in [1.165, 1.54) is 0 Å². The van der Waals surface area contributed by atoms with Crippen LogP contribution in [0.25, 0.3) is 11.4 Å². The van der Waals surface area contributed by atoms with E-state index in [2.05, 4.69) is 37.7 Å². The molecular weight excluding hydrogens is 317 g/mol. The van der Waals surface area contributed by atoms with Crippen molar-refractivity contribution in [3.63, 3.8) is 0 Å². The Hall–Kier alpha value is -1.18. The molecule has 0 fully saturated rings. The molecule has 2 heterocycles. The summed E-state index contributed by atoms with van der Waals surface area (Å²) in [6.45, 7) is 3.91. The van der Waals surface area contributed by atoms with Crippen LogP contribution in [0, 0.1) is 17.4 Å². The summed E-state index contributed by atoms with van der Waals surface area (Å²) >= 11 is 2.15. The number of halogens is 1. The fraction of sp³-hybridized carbons (Fsp3) is 0.300. The van der Waals surface area contributed by atoms with E-state index in [1.54, 1.807) is 10.9 Å². The number of nitrogen functional groups attached to an aromatic ring is 1. The van der Waals surface area contributed by atoms with Crippen molar-refractivity contribution in [3.05, 3.63) is 21.2 Å². The van der Waals surface area contributed by atoms with Crippen LogP contribution in [-0.4, -0.2) is 19.7 Å². The first kappa shape index (κ1) is 11.3. The van der Waals surface area contributed by atoms with E-state index in [9.17, 15) is 0 Å². The van der Waals surface area contributed by atoms with Crippen LogP contribution in [-0.2, 0) is 7.05 Å². The molecule has 0 aromatic carbocycles. The molecule has 0 saturated carbocycles. The van der Waals surface area contributed by atoms with Gasteiger partial charge in [0.05, 0.1) is 21.0 Å². The average Bonchev–Trinajstić information content (AvgIpc) is 2.56. The predicted molar refractivity (Wildman–Crippen MR) is 70.8 cm³/mol. The number of aromatic nitrogens is 4. The quantitative estimate of drug-likeness (QED) is 0.808. The molecule has 2 rings (SSSR count). The van der Waals surface area contributed by atoms with Crippen LogP contribution in [0.3, 0.4) is 0 Å². The second kappa shape index (κ2) is 4.00. The van der Waals surface area contributed by atoms with Crippen LogP contribution in [0.4, 0.5) is 5.82 Å². The molecule has 2 N–H and O–H groups in total. The first-order chi connectivity index (χ1) is 7.50. The molecule has 0 unspecified atom stereocenters. The molecule has 0 atom stereocenters. The molecule has 0 radical (unpaired) electrons. The summed E-state index contributed by atoms with van der Waals surface area (Å²) in [5.41, 5.74) is 8.68. The summed E-state index contributed by atoms with van der Waals surface area (Å²) in [5.74, 6) is 1.16. The van der Waals surface area contributed by atoms with Crippen LogP contribution in [0.15, 0.2) is 6.20 Å². The number of nitrogens with zero attached hydrogens (tertiary/aromatic N) is 4. The maximum Gasteiger partial charge on any atom is 0.165 e. The van der Waals surface area contributed by atoms with Gasteiger partial charge in [-0.1, -0.05) is 0 Å². The lowest BCUT2D eigenvalue weighted by atomic mass is 10.2. The third-order valence-corrected chi connectivity index (χ3v) is 3.85. The Morgan fingerprint density at radius 2 is 2.00 bits per heavy atom. The van der Waals surface area contributed by atoms with Crippen LogP contribution in [0.1, 0.15) is 11.4 Å². The highest BCUT2D eigenvalue weighted by molar-refractivity contribution is 14.1. The SMILES string of the molecule is Cc1nc(-c2cnn(C)c2C)nc(N)c1I. The third kappa shape index (κ3) is 1.77. The van der Waals surface area contributed by atoms with Crippen LogP contribution >= 0.6 is 22.6 Å². The van der Waals surface area contributed by atoms with Crippen molar-refractivity contribution >= 4 is 28.4 Å². The Morgan fingerprint density at radius 3 is 2.50 bits per heavy atom. The molecule has 0 spiro atoms.